The van der Waals surface area contributed by atoms with E-state index in [0.29, 0.717) is 5.75 Å². The molecule has 0 heterocycles. The van der Waals surface area contributed by atoms with E-state index in [2.05, 4.69) is 4.84 Å². The Morgan fingerprint density at radius 1 is 1.27 bits per heavy atom. The average Bonchev–Trinajstić information content (AvgIpc) is 2.06. The molecule has 0 aliphatic rings. The molecule has 0 aliphatic carbocycles. The Kier molecular flexibility index (Phi) is 2.85. The van der Waals surface area contributed by atoms with Gasteiger partial charge < -0.3 is 4.84 Å². The van der Waals surface area contributed by atoms with Gasteiger partial charge in [-0.15, -0.1) is 0 Å². The van der Waals surface area contributed by atoms with Crippen LogP contribution in [0.3, 0.4) is 0 Å². The van der Waals surface area contributed by atoms with Gasteiger partial charge in [-0.2, -0.15) is 0 Å². The van der Waals surface area contributed by atoms with Crippen LogP contribution in [0.4, 0.5) is 0 Å². The summed E-state index contributed by atoms with van der Waals surface area (Å²) in [5.41, 5.74) is 0. The maximum atomic E-state index is 8.70. The molecule has 0 fully saturated rings. The van der Waals surface area contributed by atoms with Crippen molar-refractivity contribution in [2.75, 3.05) is 7.11 Å². The van der Waals surface area contributed by atoms with Crippen molar-refractivity contribution in [1.29, 1.82) is 0 Å². The summed E-state index contributed by atoms with van der Waals surface area (Å²) in [6.45, 7) is 0. The first kappa shape index (κ1) is 8.00. The Balaban J connectivity index is 2.51. The van der Waals surface area contributed by atoms with Gasteiger partial charge in [0.1, 0.15) is 5.39 Å². The summed E-state index contributed by atoms with van der Waals surface area (Å²) in [5, 5.41) is 8.99. The van der Waals surface area contributed by atoms with Crippen molar-refractivity contribution in [2.45, 2.75) is 0 Å². The first-order valence-corrected chi connectivity index (χ1v) is 3.09. The lowest BCUT2D eigenvalue weighted by molar-refractivity contribution is -0.463. The number of hydrogen-bond acceptors (Lipinski definition) is 4. The van der Waals surface area contributed by atoms with Crippen LogP contribution in [0.1, 0.15) is 0 Å². The van der Waals surface area contributed by atoms with Crippen LogP contribution in [0, 0.1) is 0 Å². The molecule has 4 nitrogen and oxygen atoms in total. The number of para-hydroxylation sites is 1. The van der Waals surface area contributed by atoms with Gasteiger partial charge in [0, 0.05) is 0 Å². The minimum absolute atomic E-state index is 0.287. The van der Waals surface area contributed by atoms with Gasteiger partial charge in [0.05, 0.1) is 7.11 Å². The van der Waals surface area contributed by atoms with Gasteiger partial charge in [0.15, 0.2) is 5.75 Å². The molecule has 0 bridgehead atoms. The van der Waals surface area contributed by atoms with Crippen LogP contribution >= 0.6 is 0 Å². The molecule has 1 aromatic carbocycles. The van der Waals surface area contributed by atoms with E-state index in [0.717, 1.165) is 0 Å². The van der Waals surface area contributed by atoms with E-state index in [9.17, 15) is 0 Å². The number of hydrogen-bond donors (Lipinski definition) is 1. The third kappa shape index (κ3) is 2.55. The van der Waals surface area contributed by atoms with Crippen LogP contribution in [0.25, 0.3) is 0 Å². The van der Waals surface area contributed by atoms with Gasteiger partial charge >= 0.3 is 0 Å². The molecule has 0 spiro atoms. The normalized spacial score (nSPS) is 10.1. The molecule has 0 saturated heterocycles. The van der Waals surface area contributed by atoms with Crippen molar-refractivity contribution >= 4 is 0 Å². The van der Waals surface area contributed by atoms with Crippen LogP contribution in [0.5, 0.6) is 5.75 Å². The highest BCUT2D eigenvalue weighted by Crippen LogP contribution is 2.08. The Morgan fingerprint density at radius 3 is 2.45 bits per heavy atom. The van der Waals surface area contributed by atoms with E-state index in [1.165, 1.54) is 7.11 Å². The Morgan fingerprint density at radius 2 is 1.91 bits per heavy atom. The summed E-state index contributed by atoms with van der Waals surface area (Å²) in [7, 11) is 1.29. The minimum atomic E-state index is 0.287. The Bertz CT molecular complexity index is 202. The van der Waals surface area contributed by atoms with Crippen LogP contribution in [-0.2, 0) is 4.84 Å². The lowest BCUT2D eigenvalue weighted by atomic mass is 10.3. The minimum Gasteiger partial charge on any atom is -0.357 e. The van der Waals surface area contributed by atoms with Crippen molar-refractivity contribution < 1.29 is 14.9 Å². The zero-order valence-corrected chi connectivity index (χ0v) is 6.10. The molecule has 4 heteroatoms. The zero-order valence-electron chi connectivity index (χ0n) is 6.10. The smallest absolute Gasteiger partial charge is 0.153 e. The summed E-state index contributed by atoms with van der Waals surface area (Å²) in [4.78, 5) is 9.05. The third-order valence-corrected chi connectivity index (χ3v) is 1.08. The van der Waals surface area contributed by atoms with Gasteiger partial charge in [-0.05, 0) is 12.1 Å². The fourth-order valence-corrected chi connectivity index (χ4v) is 0.609. The second-order valence-corrected chi connectivity index (χ2v) is 1.82. The Labute approximate surface area is 64.4 Å². The van der Waals surface area contributed by atoms with Crippen molar-refractivity contribution in [3.8, 4) is 5.75 Å². The van der Waals surface area contributed by atoms with Crippen LogP contribution in [0.15, 0.2) is 30.3 Å². The number of nitrogens with zero attached hydrogens (tertiary/aromatic N) is 1. The summed E-state index contributed by atoms with van der Waals surface area (Å²) in [6, 6.07) is 8.82. The molecule has 60 valence electrons. The highest BCUT2D eigenvalue weighted by atomic mass is 17.1. The molecule has 1 aromatic rings. The fourth-order valence-electron chi connectivity index (χ4n) is 0.609. The second-order valence-electron chi connectivity index (χ2n) is 1.82. The van der Waals surface area contributed by atoms with Gasteiger partial charge in [-0.25, -0.2) is 4.84 Å². The zero-order chi connectivity index (χ0) is 8.10. The molecule has 1 rings (SSSR count). The van der Waals surface area contributed by atoms with E-state index < -0.39 is 0 Å². The first-order valence-electron chi connectivity index (χ1n) is 3.09. The average molecular weight is 155 g/mol. The fraction of sp³-hybridized carbons (Fsp3) is 0.143. The monoisotopic (exact) mass is 155 g/mol. The summed E-state index contributed by atoms with van der Waals surface area (Å²) >= 11 is 0. The van der Waals surface area contributed by atoms with Crippen LogP contribution < -0.4 is 4.84 Å². The van der Waals surface area contributed by atoms with Gasteiger partial charge in [-0.1, -0.05) is 18.2 Å². The van der Waals surface area contributed by atoms with Crippen molar-refractivity contribution in [3.05, 3.63) is 30.3 Å². The lowest BCUT2D eigenvalue weighted by Crippen LogP contribution is -2.21. The van der Waals surface area contributed by atoms with Crippen molar-refractivity contribution in [2.24, 2.45) is 0 Å². The largest absolute Gasteiger partial charge is 0.357 e. The molecular weight excluding hydrogens is 146 g/mol. The molecule has 0 aromatic heterocycles. The lowest BCUT2D eigenvalue weighted by Gasteiger charge is -2.10. The van der Waals surface area contributed by atoms with Crippen LogP contribution in [-0.4, -0.2) is 17.7 Å². The molecule has 0 unspecified atom stereocenters. The second kappa shape index (κ2) is 3.92. The molecule has 11 heavy (non-hydrogen) atoms. The highest BCUT2D eigenvalue weighted by molar-refractivity contribution is 5.20. The van der Waals surface area contributed by atoms with Crippen molar-refractivity contribution in [1.82, 2.24) is 5.39 Å². The molecule has 1 N–H and O–H groups in total. The predicted molar refractivity (Wildman–Crippen MR) is 37.7 cm³/mol. The van der Waals surface area contributed by atoms with Gasteiger partial charge in [0.2, 0.25) is 0 Å². The molecule has 0 amide bonds. The Hall–Kier alpha value is -1.10. The summed E-state index contributed by atoms with van der Waals surface area (Å²) in [6.07, 6.45) is 0. The number of benzene rings is 1. The van der Waals surface area contributed by atoms with E-state index in [1.807, 2.05) is 6.07 Å². The molecule has 0 aliphatic heterocycles. The van der Waals surface area contributed by atoms with E-state index in [4.69, 9.17) is 10.0 Å². The molecule has 0 saturated carbocycles. The molecule has 0 radical (unpaired) electrons. The quantitative estimate of drug-likeness (QED) is 0.666. The summed E-state index contributed by atoms with van der Waals surface area (Å²) in [5.74, 6) is 0.511. The number of rotatable bonds is 3. The maximum absolute atomic E-state index is 8.70. The highest BCUT2D eigenvalue weighted by Gasteiger charge is 1.97. The molecular formula is C7H9NO3. The predicted octanol–water partition coefficient (Wildman–Crippen LogP) is 1.23. The van der Waals surface area contributed by atoms with Gasteiger partial charge in [-0.3, -0.25) is 5.21 Å². The summed E-state index contributed by atoms with van der Waals surface area (Å²) < 4.78 is 0. The standard InChI is InChI=1S/C7H9NO3/c1-10-8(9)11-7-5-3-2-4-6-7/h2-6,9H,1H3. The van der Waals surface area contributed by atoms with E-state index >= 15 is 0 Å². The van der Waals surface area contributed by atoms with Crippen molar-refractivity contribution in [3.63, 3.8) is 0 Å². The van der Waals surface area contributed by atoms with Gasteiger partial charge in [0.25, 0.3) is 0 Å². The maximum Gasteiger partial charge on any atom is 0.153 e. The topological polar surface area (TPSA) is 41.9 Å². The molecule has 0 atom stereocenters. The van der Waals surface area contributed by atoms with E-state index in [1.54, 1.807) is 24.3 Å². The van der Waals surface area contributed by atoms with E-state index in [-0.39, 0.29) is 5.39 Å². The SMILES string of the molecule is CON(O)Oc1ccccc1. The third-order valence-electron chi connectivity index (χ3n) is 1.08. The van der Waals surface area contributed by atoms with Crippen LogP contribution in [0.2, 0.25) is 0 Å². The first-order chi connectivity index (χ1) is 5.33.